The maximum atomic E-state index is 13.7. The van der Waals surface area contributed by atoms with Crippen LogP contribution in [0.5, 0.6) is 5.75 Å². The first-order valence-electron chi connectivity index (χ1n) is 20.4. The van der Waals surface area contributed by atoms with Gasteiger partial charge in [-0.25, -0.2) is 0 Å². The molecule has 3 rings (SSSR count). The molecule has 2 aliphatic heterocycles. The maximum absolute atomic E-state index is 13.7. The molecule has 0 radical (unpaired) electrons. The van der Waals surface area contributed by atoms with Crippen molar-refractivity contribution in [3.05, 3.63) is 23.8 Å². The Balaban J connectivity index is 1.54. The summed E-state index contributed by atoms with van der Waals surface area (Å²) >= 11 is 0. The number of benzene rings is 1. The van der Waals surface area contributed by atoms with Gasteiger partial charge >= 0.3 is 5.97 Å². The second kappa shape index (κ2) is 25.6. The number of Topliss-reactive ketones (excluding diaryl/α,β-unsaturated/α-hetero) is 1. The van der Waals surface area contributed by atoms with Gasteiger partial charge in [-0.1, -0.05) is 38.5 Å². The molecule has 1 fully saturated rings. The molecule has 5 amide bonds. The van der Waals surface area contributed by atoms with E-state index in [0.717, 1.165) is 77.4 Å². The standard InChI is InChI=1S/C40H63N7O9/c1-27(48)31-20-25-56-34-16-14-29(44-35(49)13-8-6-4-2-3-5-7-11-22-43-37(52)28-18-23-42-24-19-28)26-30(34)38(53)46-33(15-17-36(50)51)40(55)47-32(39(54)45-31)12-9-10-21-41/h14,16,26,28,31-33,42H,2-13,15,17-25,41H2,1H3,(H,43,52)(H,44,49)(H,45,54)(H,46,53)(H,47,55)(H,50,51)/t31-,32-,33-/m0/s1. The number of carbonyl (C=O) groups is 7. The van der Waals surface area contributed by atoms with Crippen LogP contribution in [0.3, 0.4) is 0 Å². The number of ether oxygens (including phenoxy) is 1. The van der Waals surface area contributed by atoms with Gasteiger partial charge in [0.25, 0.3) is 5.91 Å². The molecule has 0 spiro atoms. The number of aliphatic carboxylic acids is 1. The number of amides is 5. The average molecular weight is 786 g/mol. The zero-order chi connectivity index (χ0) is 40.7. The van der Waals surface area contributed by atoms with Crippen molar-refractivity contribution >= 4 is 47.0 Å². The van der Waals surface area contributed by atoms with Gasteiger partial charge in [-0.05, 0) is 96.1 Å². The Morgan fingerprint density at radius 2 is 1.46 bits per heavy atom. The fourth-order valence-electron chi connectivity index (χ4n) is 6.79. The topological polar surface area (TPSA) is 247 Å². The molecule has 0 unspecified atom stereocenters. The average Bonchev–Trinajstić information content (AvgIpc) is 3.17. The Bertz CT molecular complexity index is 1470. The van der Waals surface area contributed by atoms with Crippen LogP contribution in [0.1, 0.15) is 126 Å². The first-order chi connectivity index (χ1) is 27.0. The van der Waals surface area contributed by atoms with Gasteiger partial charge in [0.2, 0.25) is 23.6 Å². The van der Waals surface area contributed by atoms with Crippen LogP contribution in [0.4, 0.5) is 5.69 Å². The van der Waals surface area contributed by atoms with Crippen molar-refractivity contribution in [3.63, 3.8) is 0 Å². The quantitative estimate of drug-likeness (QED) is 0.0842. The number of fused-ring (bicyclic) bond motifs is 1. The lowest BCUT2D eigenvalue weighted by molar-refractivity contribution is -0.137. The fraction of sp³-hybridized carbons (Fsp3) is 0.675. The lowest BCUT2D eigenvalue weighted by Gasteiger charge is -2.26. The molecule has 16 nitrogen and oxygen atoms in total. The van der Waals surface area contributed by atoms with Gasteiger partial charge in [-0.15, -0.1) is 0 Å². The molecule has 0 saturated carbocycles. The largest absolute Gasteiger partial charge is 0.493 e. The molecule has 2 heterocycles. The third kappa shape index (κ3) is 17.1. The predicted octanol–water partition coefficient (Wildman–Crippen LogP) is 2.69. The molecule has 1 aromatic carbocycles. The molecule has 9 N–H and O–H groups in total. The molecule has 0 aliphatic carbocycles. The number of anilines is 1. The molecule has 1 aromatic rings. The Labute approximate surface area is 330 Å². The van der Waals surface area contributed by atoms with Gasteiger partial charge in [0.1, 0.15) is 17.8 Å². The first kappa shape index (κ1) is 45.8. The SMILES string of the molecule is CC(=O)[C@@H]1CCOc2ccc(NC(=O)CCCCCCCCCCNC(=O)C3CCNCC3)cc2C(=O)N[C@@H](CCC(=O)O)C(=O)N[C@@H](CCCCN)C(=O)N1. The number of ketones is 1. The Kier molecular flexibility index (Phi) is 20.9. The number of piperidine rings is 1. The van der Waals surface area contributed by atoms with E-state index in [2.05, 4.69) is 31.9 Å². The van der Waals surface area contributed by atoms with E-state index in [4.69, 9.17) is 10.5 Å². The van der Waals surface area contributed by atoms with Gasteiger partial charge in [-0.3, -0.25) is 33.6 Å². The van der Waals surface area contributed by atoms with E-state index in [-0.39, 0.29) is 60.7 Å². The van der Waals surface area contributed by atoms with Crippen molar-refractivity contribution in [1.29, 1.82) is 0 Å². The van der Waals surface area contributed by atoms with Gasteiger partial charge in [-0.2, -0.15) is 0 Å². The Hall–Kier alpha value is -4.57. The summed E-state index contributed by atoms with van der Waals surface area (Å²) in [7, 11) is 0. The number of carboxylic acid groups (broad SMARTS) is 1. The molecule has 0 aromatic heterocycles. The minimum Gasteiger partial charge on any atom is -0.493 e. The molecule has 16 heteroatoms. The second-order valence-corrected chi connectivity index (χ2v) is 14.8. The van der Waals surface area contributed by atoms with Crippen LogP contribution in [-0.4, -0.2) is 97.3 Å². The number of carbonyl (C=O) groups excluding carboxylic acids is 6. The van der Waals surface area contributed by atoms with Gasteiger partial charge in [0, 0.05) is 37.4 Å². The molecule has 0 bridgehead atoms. The number of nitrogens with two attached hydrogens (primary N) is 1. The third-order valence-electron chi connectivity index (χ3n) is 10.2. The van der Waals surface area contributed by atoms with Crippen molar-refractivity contribution < 1.29 is 43.4 Å². The fourth-order valence-corrected chi connectivity index (χ4v) is 6.79. The minimum absolute atomic E-state index is 0.0000409. The van der Waals surface area contributed by atoms with Crippen molar-refractivity contribution in [2.24, 2.45) is 11.7 Å². The molecular formula is C40H63N7O9. The van der Waals surface area contributed by atoms with E-state index in [1.807, 2.05) is 0 Å². The van der Waals surface area contributed by atoms with Crippen molar-refractivity contribution in [2.45, 2.75) is 134 Å². The van der Waals surface area contributed by atoms with Crippen molar-refractivity contribution in [3.8, 4) is 5.75 Å². The molecule has 2 aliphatic rings. The van der Waals surface area contributed by atoms with Crippen LogP contribution in [0.15, 0.2) is 18.2 Å². The highest BCUT2D eigenvalue weighted by Crippen LogP contribution is 2.25. The van der Waals surface area contributed by atoms with E-state index in [9.17, 15) is 38.7 Å². The zero-order valence-corrected chi connectivity index (χ0v) is 32.9. The van der Waals surface area contributed by atoms with Crippen LogP contribution in [0.25, 0.3) is 0 Å². The van der Waals surface area contributed by atoms with Gasteiger partial charge in [0.05, 0.1) is 18.2 Å². The first-order valence-corrected chi connectivity index (χ1v) is 20.4. The highest BCUT2D eigenvalue weighted by molar-refractivity contribution is 6.02. The molecule has 1 saturated heterocycles. The van der Waals surface area contributed by atoms with E-state index < -0.39 is 48.2 Å². The summed E-state index contributed by atoms with van der Waals surface area (Å²) < 4.78 is 5.91. The Morgan fingerprint density at radius 3 is 2.14 bits per heavy atom. The number of hydrogen-bond acceptors (Lipinski definition) is 10. The number of hydrogen-bond donors (Lipinski definition) is 8. The van der Waals surface area contributed by atoms with E-state index >= 15 is 0 Å². The number of unbranched alkanes of at least 4 members (excludes halogenated alkanes) is 8. The van der Waals surface area contributed by atoms with Crippen molar-refractivity contribution in [2.75, 3.05) is 38.1 Å². The van der Waals surface area contributed by atoms with Crippen LogP contribution in [0.2, 0.25) is 0 Å². The normalized spacial score (nSPS) is 19.6. The van der Waals surface area contributed by atoms with Gasteiger partial charge in [0.15, 0.2) is 5.78 Å². The Morgan fingerprint density at radius 1 is 0.804 bits per heavy atom. The van der Waals surface area contributed by atoms with Crippen LogP contribution in [-0.2, 0) is 28.8 Å². The highest BCUT2D eigenvalue weighted by atomic mass is 16.5. The van der Waals surface area contributed by atoms with Crippen LogP contribution < -0.4 is 42.4 Å². The summed E-state index contributed by atoms with van der Waals surface area (Å²) in [6.45, 7) is 4.21. The smallest absolute Gasteiger partial charge is 0.303 e. The molecule has 312 valence electrons. The van der Waals surface area contributed by atoms with Gasteiger partial charge < -0.3 is 47.5 Å². The maximum Gasteiger partial charge on any atom is 0.303 e. The molecule has 3 atom stereocenters. The minimum atomic E-state index is -1.32. The van der Waals surface area contributed by atoms with Crippen molar-refractivity contribution in [1.82, 2.24) is 26.6 Å². The highest BCUT2D eigenvalue weighted by Gasteiger charge is 2.31. The van der Waals surface area contributed by atoms with Crippen LogP contribution in [0, 0.1) is 5.92 Å². The third-order valence-corrected chi connectivity index (χ3v) is 10.2. The summed E-state index contributed by atoms with van der Waals surface area (Å²) in [6, 6.07) is 1.21. The zero-order valence-electron chi connectivity index (χ0n) is 32.9. The van der Waals surface area contributed by atoms with E-state index in [1.54, 1.807) is 6.07 Å². The number of carboxylic acids is 1. The number of nitrogens with one attached hydrogen (secondary N) is 6. The molecular weight excluding hydrogens is 722 g/mol. The lowest BCUT2D eigenvalue weighted by Crippen LogP contribution is -2.56. The van der Waals surface area contributed by atoms with Crippen LogP contribution >= 0.6 is 0 Å². The second-order valence-electron chi connectivity index (χ2n) is 14.8. The summed E-state index contributed by atoms with van der Waals surface area (Å²) in [5.74, 6) is -3.38. The summed E-state index contributed by atoms with van der Waals surface area (Å²) in [6.07, 6.45) is 10.7. The van der Waals surface area contributed by atoms with E-state index in [1.165, 1.54) is 19.1 Å². The number of rotatable bonds is 21. The van der Waals surface area contributed by atoms with E-state index in [0.29, 0.717) is 37.9 Å². The monoisotopic (exact) mass is 785 g/mol. The predicted molar refractivity (Wildman–Crippen MR) is 211 cm³/mol. The summed E-state index contributed by atoms with van der Waals surface area (Å²) in [5.41, 5.74) is 5.95. The summed E-state index contributed by atoms with van der Waals surface area (Å²) in [4.78, 5) is 89.4. The lowest BCUT2D eigenvalue weighted by atomic mass is 9.97. The summed E-state index contributed by atoms with van der Waals surface area (Å²) in [5, 5.41) is 26.5. The molecule has 56 heavy (non-hydrogen) atoms.